The number of aromatic nitrogens is 3. The minimum atomic E-state index is -0.901. The lowest BCUT2D eigenvalue weighted by atomic mass is 10.4. The molecule has 1 heterocycles. The summed E-state index contributed by atoms with van der Waals surface area (Å²) < 4.78 is 1.77. The molecule has 0 aliphatic carbocycles. The van der Waals surface area contributed by atoms with Crippen LogP contribution < -0.4 is 0 Å². The van der Waals surface area contributed by atoms with Gasteiger partial charge in [-0.15, -0.1) is 6.42 Å². The summed E-state index contributed by atoms with van der Waals surface area (Å²) in [4.78, 5) is 16.4. The molecule has 92 valence electrons. The monoisotopic (exact) mass is 236 g/mol. The van der Waals surface area contributed by atoms with E-state index in [-0.39, 0.29) is 13.1 Å². The first-order valence-corrected chi connectivity index (χ1v) is 5.41. The van der Waals surface area contributed by atoms with Crippen molar-refractivity contribution in [3.63, 3.8) is 0 Å². The standard InChI is InChI=1S/C11H16N4O2/c1-3-5-14(8-11(16)17)7-10-12-9-13-15(10)6-4-2/h1,9H,4-8H2,2H3,(H,16,17). The van der Waals surface area contributed by atoms with Gasteiger partial charge in [0, 0.05) is 6.54 Å². The smallest absolute Gasteiger partial charge is 0.317 e. The second kappa shape index (κ2) is 6.66. The molecule has 0 saturated carbocycles. The Morgan fingerprint density at radius 3 is 3.06 bits per heavy atom. The molecule has 0 aliphatic heterocycles. The molecule has 1 aromatic heterocycles. The quantitative estimate of drug-likeness (QED) is 0.685. The molecule has 1 N–H and O–H groups in total. The van der Waals surface area contributed by atoms with Crippen LogP contribution in [0, 0.1) is 12.3 Å². The molecule has 1 rings (SSSR count). The summed E-state index contributed by atoms with van der Waals surface area (Å²) in [6.45, 7) is 3.40. The van der Waals surface area contributed by atoms with E-state index in [1.165, 1.54) is 6.33 Å². The Kier molecular flexibility index (Phi) is 5.17. The van der Waals surface area contributed by atoms with Crippen LogP contribution in [0.15, 0.2) is 6.33 Å². The number of hydrogen-bond acceptors (Lipinski definition) is 4. The van der Waals surface area contributed by atoms with E-state index in [0.29, 0.717) is 6.54 Å². The van der Waals surface area contributed by atoms with Crippen molar-refractivity contribution in [1.29, 1.82) is 0 Å². The van der Waals surface area contributed by atoms with Gasteiger partial charge in [-0.3, -0.25) is 9.69 Å². The van der Waals surface area contributed by atoms with Crippen LogP contribution in [0.25, 0.3) is 0 Å². The molecule has 0 unspecified atom stereocenters. The van der Waals surface area contributed by atoms with E-state index in [0.717, 1.165) is 18.8 Å². The molecule has 0 aromatic carbocycles. The van der Waals surface area contributed by atoms with E-state index in [2.05, 4.69) is 16.0 Å². The highest BCUT2D eigenvalue weighted by Crippen LogP contribution is 2.01. The van der Waals surface area contributed by atoms with Crippen LogP contribution in [0.4, 0.5) is 0 Å². The van der Waals surface area contributed by atoms with Crippen molar-refractivity contribution in [2.45, 2.75) is 26.4 Å². The number of terminal acetylenes is 1. The first-order chi connectivity index (χ1) is 8.17. The molecular formula is C11H16N4O2. The molecule has 0 spiro atoms. The van der Waals surface area contributed by atoms with Crippen LogP contribution in [0.1, 0.15) is 19.2 Å². The average Bonchev–Trinajstić information content (AvgIpc) is 2.66. The molecule has 0 amide bonds. The first kappa shape index (κ1) is 13.2. The average molecular weight is 236 g/mol. The van der Waals surface area contributed by atoms with Gasteiger partial charge in [0.15, 0.2) is 0 Å². The van der Waals surface area contributed by atoms with Crippen molar-refractivity contribution in [2.24, 2.45) is 0 Å². The third-order valence-electron chi connectivity index (χ3n) is 2.17. The Morgan fingerprint density at radius 2 is 2.47 bits per heavy atom. The minimum absolute atomic E-state index is 0.0941. The SMILES string of the molecule is C#CCN(CC(=O)O)Cc1ncnn1CCC. The summed E-state index contributed by atoms with van der Waals surface area (Å²) in [7, 11) is 0. The second-order valence-electron chi connectivity index (χ2n) is 3.64. The van der Waals surface area contributed by atoms with Gasteiger partial charge in [0.2, 0.25) is 0 Å². The number of aryl methyl sites for hydroxylation is 1. The number of carbonyl (C=O) groups is 1. The molecule has 17 heavy (non-hydrogen) atoms. The number of aliphatic carboxylic acids is 1. The van der Waals surface area contributed by atoms with Gasteiger partial charge < -0.3 is 5.11 Å². The Labute approximate surface area is 100 Å². The molecule has 0 atom stereocenters. The van der Waals surface area contributed by atoms with Crippen molar-refractivity contribution in [2.75, 3.05) is 13.1 Å². The zero-order valence-corrected chi connectivity index (χ0v) is 9.83. The summed E-state index contributed by atoms with van der Waals surface area (Å²) in [5, 5.41) is 12.8. The summed E-state index contributed by atoms with van der Waals surface area (Å²) in [6, 6.07) is 0. The Bertz CT molecular complexity index is 408. The van der Waals surface area contributed by atoms with Crippen LogP contribution in [0.2, 0.25) is 0 Å². The normalized spacial score (nSPS) is 10.4. The lowest BCUT2D eigenvalue weighted by Crippen LogP contribution is -2.31. The van der Waals surface area contributed by atoms with Crippen LogP contribution in [-0.4, -0.2) is 43.8 Å². The fraction of sp³-hybridized carbons (Fsp3) is 0.545. The number of carboxylic acid groups (broad SMARTS) is 1. The fourth-order valence-electron chi connectivity index (χ4n) is 1.50. The highest BCUT2D eigenvalue weighted by atomic mass is 16.4. The first-order valence-electron chi connectivity index (χ1n) is 5.41. The maximum absolute atomic E-state index is 10.7. The molecule has 0 aliphatic rings. The topological polar surface area (TPSA) is 71.2 Å². The molecular weight excluding hydrogens is 220 g/mol. The van der Waals surface area contributed by atoms with Gasteiger partial charge >= 0.3 is 5.97 Å². The molecule has 0 saturated heterocycles. The van der Waals surface area contributed by atoms with E-state index in [1.54, 1.807) is 9.58 Å². The molecule has 6 heteroatoms. The van der Waals surface area contributed by atoms with Crippen molar-refractivity contribution in [3.05, 3.63) is 12.2 Å². The molecule has 0 bridgehead atoms. The van der Waals surface area contributed by atoms with Crippen molar-refractivity contribution in [1.82, 2.24) is 19.7 Å². The third kappa shape index (κ3) is 4.25. The van der Waals surface area contributed by atoms with E-state index in [4.69, 9.17) is 11.5 Å². The Morgan fingerprint density at radius 1 is 1.71 bits per heavy atom. The third-order valence-corrected chi connectivity index (χ3v) is 2.17. The van der Waals surface area contributed by atoms with Crippen LogP contribution in [0.5, 0.6) is 0 Å². The Balaban J connectivity index is 2.68. The van der Waals surface area contributed by atoms with Crippen LogP contribution >= 0.6 is 0 Å². The van der Waals surface area contributed by atoms with Crippen molar-refractivity contribution >= 4 is 5.97 Å². The van der Waals surface area contributed by atoms with Gasteiger partial charge in [0.1, 0.15) is 12.2 Å². The van der Waals surface area contributed by atoms with Crippen LogP contribution in [0.3, 0.4) is 0 Å². The molecule has 6 nitrogen and oxygen atoms in total. The summed E-state index contributed by atoms with van der Waals surface area (Å²) in [5.74, 6) is 2.28. The predicted octanol–water partition coefficient (Wildman–Crippen LogP) is 0.208. The van der Waals surface area contributed by atoms with E-state index in [9.17, 15) is 4.79 Å². The second-order valence-corrected chi connectivity index (χ2v) is 3.64. The van der Waals surface area contributed by atoms with Crippen molar-refractivity contribution < 1.29 is 9.90 Å². The van der Waals surface area contributed by atoms with E-state index >= 15 is 0 Å². The zero-order valence-electron chi connectivity index (χ0n) is 9.83. The summed E-state index contributed by atoms with van der Waals surface area (Å²) in [5.41, 5.74) is 0. The lowest BCUT2D eigenvalue weighted by molar-refractivity contribution is -0.138. The highest BCUT2D eigenvalue weighted by molar-refractivity contribution is 5.69. The van der Waals surface area contributed by atoms with Crippen molar-refractivity contribution in [3.8, 4) is 12.3 Å². The maximum Gasteiger partial charge on any atom is 0.317 e. The lowest BCUT2D eigenvalue weighted by Gasteiger charge is -2.16. The summed E-state index contributed by atoms with van der Waals surface area (Å²) in [6.07, 6.45) is 7.62. The highest BCUT2D eigenvalue weighted by Gasteiger charge is 2.12. The van der Waals surface area contributed by atoms with E-state index < -0.39 is 5.97 Å². The number of nitrogens with zero attached hydrogens (tertiary/aromatic N) is 4. The van der Waals surface area contributed by atoms with Gasteiger partial charge in [-0.1, -0.05) is 12.8 Å². The van der Waals surface area contributed by atoms with Gasteiger partial charge in [-0.2, -0.15) is 5.10 Å². The van der Waals surface area contributed by atoms with Gasteiger partial charge in [0.25, 0.3) is 0 Å². The number of rotatable bonds is 7. The number of hydrogen-bond donors (Lipinski definition) is 1. The minimum Gasteiger partial charge on any atom is -0.480 e. The zero-order chi connectivity index (χ0) is 12.7. The fourth-order valence-corrected chi connectivity index (χ4v) is 1.50. The molecule has 0 radical (unpaired) electrons. The molecule has 0 fully saturated rings. The Hall–Kier alpha value is -1.87. The molecule has 1 aromatic rings. The predicted molar refractivity (Wildman–Crippen MR) is 62.1 cm³/mol. The largest absolute Gasteiger partial charge is 0.480 e. The van der Waals surface area contributed by atoms with Gasteiger partial charge in [-0.25, -0.2) is 9.67 Å². The number of carboxylic acids is 1. The van der Waals surface area contributed by atoms with Gasteiger partial charge in [-0.05, 0) is 6.42 Å². The van der Waals surface area contributed by atoms with E-state index in [1.807, 2.05) is 6.92 Å². The maximum atomic E-state index is 10.7. The van der Waals surface area contributed by atoms with Gasteiger partial charge in [0.05, 0.1) is 19.6 Å². The van der Waals surface area contributed by atoms with Crippen LogP contribution in [-0.2, 0) is 17.9 Å². The summed E-state index contributed by atoms with van der Waals surface area (Å²) >= 11 is 0.